The number of amides is 1. The predicted molar refractivity (Wildman–Crippen MR) is 69.1 cm³/mol. The molecular weight excluding hydrogens is 200 g/mol. The lowest BCUT2D eigenvalue weighted by atomic mass is 9.99. The first-order chi connectivity index (χ1) is 7.51. The molecule has 0 aliphatic rings. The predicted octanol–water partition coefficient (Wildman–Crippen LogP) is 2.30. The van der Waals surface area contributed by atoms with Gasteiger partial charge in [-0.1, -0.05) is 27.7 Å². The molecule has 0 fully saturated rings. The second-order valence-corrected chi connectivity index (χ2v) is 5.05. The lowest BCUT2D eigenvalue weighted by Gasteiger charge is -2.21. The van der Waals surface area contributed by atoms with Crippen LogP contribution in [-0.4, -0.2) is 18.5 Å². The summed E-state index contributed by atoms with van der Waals surface area (Å²) in [6.07, 6.45) is 3.58. The van der Waals surface area contributed by atoms with E-state index < -0.39 is 0 Å². The third-order valence-electron chi connectivity index (χ3n) is 3.11. The Bertz CT molecular complexity index is 192. The third kappa shape index (κ3) is 6.83. The standard InChI is InChI=1S/C13H28N2O/c1-5-12(10(2)3)15-13(16)7-6-11(4)8-9-14/h10-12H,5-9,14H2,1-4H3,(H,15,16). The highest BCUT2D eigenvalue weighted by atomic mass is 16.1. The summed E-state index contributed by atoms with van der Waals surface area (Å²) in [4.78, 5) is 11.7. The summed E-state index contributed by atoms with van der Waals surface area (Å²) in [5.41, 5.74) is 5.48. The van der Waals surface area contributed by atoms with E-state index in [0.29, 0.717) is 30.8 Å². The molecule has 0 saturated heterocycles. The van der Waals surface area contributed by atoms with E-state index in [1.165, 1.54) is 0 Å². The topological polar surface area (TPSA) is 55.1 Å². The molecule has 2 atom stereocenters. The van der Waals surface area contributed by atoms with E-state index in [1.807, 2.05) is 0 Å². The summed E-state index contributed by atoms with van der Waals surface area (Å²) < 4.78 is 0. The lowest BCUT2D eigenvalue weighted by Crippen LogP contribution is -2.38. The van der Waals surface area contributed by atoms with Gasteiger partial charge in [-0.25, -0.2) is 0 Å². The van der Waals surface area contributed by atoms with Gasteiger partial charge in [-0.15, -0.1) is 0 Å². The third-order valence-corrected chi connectivity index (χ3v) is 3.11. The Morgan fingerprint density at radius 3 is 2.31 bits per heavy atom. The average molecular weight is 228 g/mol. The number of nitrogens with one attached hydrogen (secondary N) is 1. The highest BCUT2D eigenvalue weighted by Crippen LogP contribution is 2.10. The molecule has 0 saturated carbocycles. The van der Waals surface area contributed by atoms with Crippen molar-refractivity contribution in [3.63, 3.8) is 0 Å². The van der Waals surface area contributed by atoms with Crippen molar-refractivity contribution in [2.75, 3.05) is 6.54 Å². The molecule has 0 aliphatic heterocycles. The van der Waals surface area contributed by atoms with Crippen LogP contribution in [0, 0.1) is 11.8 Å². The van der Waals surface area contributed by atoms with Gasteiger partial charge in [-0.2, -0.15) is 0 Å². The molecular formula is C13H28N2O. The van der Waals surface area contributed by atoms with Gasteiger partial charge in [0.2, 0.25) is 5.91 Å². The minimum absolute atomic E-state index is 0.185. The van der Waals surface area contributed by atoms with Crippen molar-refractivity contribution >= 4 is 5.91 Å². The first-order valence-corrected chi connectivity index (χ1v) is 6.50. The zero-order chi connectivity index (χ0) is 12.6. The van der Waals surface area contributed by atoms with Gasteiger partial charge >= 0.3 is 0 Å². The molecule has 0 heterocycles. The summed E-state index contributed by atoms with van der Waals surface area (Å²) in [6.45, 7) is 9.27. The smallest absolute Gasteiger partial charge is 0.220 e. The highest BCUT2D eigenvalue weighted by molar-refractivity contribution is 5.76. The fraction of sp³-hybridized carbons (Fsp3) is 0.923. The van der Waals surface area contributed by atoms with Gasteiger partial charge in [0.1, 0.15) is 0 Å². The number of hydrogen-bond acceptors (Lipinski definition) is 2. The minimum Gasteiger partial charge on any atom is -0.353 e. The SMILES string of the molecule is CCC(NC(=O)CCC(C)CCN)C(C)C. The van der Waals surface area contributed by atoms with Crippen molar-refractivity contribution in [2.45, 2.75) is 59.4 Å². The molecule has 0 radical (unpaired) electrons. The monoisotopic (exact) mass is 228 g/mol. The zero-order valence-corrected chi connectivity index (χ0v) is 11.3. The van der Waals surface area contributed by atoms with E-state index >= 15 is 0 Å². The fourth-order valence-corrected chi connectivity index (χ4v) is 1.83. The van der Waals surface area contributed by atoms with Gasteiger partial charge in [0.15, 0.2) is 0 Å². The summed E-state index contributed by atoms with van der Waals surface area (Å²) in [5, 5.41) is 3.09. The molecule has 0 spiro atoms. The van der Waals surface area contributed by atoms with Gasteiger partial charge in [0, 0.05) is 12.5 Å². The molecule has 16 heavy (non-hydrogen) atoms. The van der Waals surface area contributed by atoms with Crippen LogP contribution in [0.4, 0.5) is 0 Å². The van der Waals surface area contributed by atoms with E-state index in [-0.39, 0.29) is 5.91 Å². The van der Waals surface area contributed by atoms with Crippen molar-refractivity contribution in [2.24, 2.45) is 17.6 Å². The Balaban J connectivity index is 3.80. The van der Waals surface area contributed by atoms with Crippen LogP contribution < -0.4 is 11.1 Å². The van der Waals surface area contributed by atoms with Crippen LogP contribution in [0.3, 0.4) is 0 Å². The van der Waals surface area contributed by atoms with Crippen molar-refractivity contribution in [3.8, 4) is 0 Å². The van der Waals surface area contributed by atoms with E-state index in [2.05, 4.69) is 33.0 Å². The van der Waals surface area contributed by atoms with Crippen molar-refractivity contribution in [1.29, 1.82) is 0 Å². The average Bonchev–Trinajstić information content (AvgIpc) is 2.23. The summed E-state index contributed by atoms with van der Waals surface area (Å²) in [5.74, 6) is 1.25. The number of rotatable bonds is 8. The Hall–Kier alpha value is -0.570. The Kier molecular flexibility index (Phi) is 8.26. The first-order valence-electron chi connectivity index (χ1n) is 6.50. The molecule has 0 aromatic rings. The molecule has 3 N–H and O–H groups in total. The molecule has 0 bridgehead atoms. The van der Waals surface area contributed by atoms with Gasteiger partial charge in [0.25, 0.3) is 0 Å². The molecule has 3 heteroatoms. The highest BCUT2D eigenvalue weighted by Gasteiger charge is 2.14. The van der Waals surface area contributed by atoms with Crippen molar-refractivity contribution in [1.82, 2.24) is 5.32 Å². The number of carbonyl (C=O) groups excluding carboxylic acids is 1. The van der Waals surface area contributed by atoms with Gasteiger partial charge in [-0.05, 0) is 37.6 Å². The Morgan fingerprint density at radius 2 is 1.88 bits per heavy atom. The molecule has 2 unspecified atom stereocenters. The number of nitrogens with two attached hydrogens (primary N) is 1. The molecule has 3 nitrogen and oxygen atoms in total. The molecule has 0 aromatic heterocycles. The van der Waals surface area contributed by atoms with Crippen LogP contribution in [0.5, 0.6) is 0 Å². The molecule has 0 aromatic carbocycles. The van der Waals surface area contributed by atoms with E-state index in [4.69, 9.17) is 5.73 Å². The van der Waals surface area contributed by atoms with Crippen LogP contribution in [0.15, 0.2) is 0 Å². The summed E-state index contributed by atoms with van der Waals surface area (Å²) in [7, 11) is 0. The van der Waals surface area contributed by atoms with Gasteiger partial charge in [0.05, 0.1) is 0 Å². The number of hydrogen-bond donors (Lipinski definition) is 2. The van der Waals surface area contributed by atoms with Crippen LogP contribution in [-0.2, 0) is 4.79 Å². The molecule has 0 rings (SSSR count). The molecule has 0 aliphatic carbocycles. The van der Waals surface area contributed by atoms with Crippen LogP contribution in [0.25, 0.3) is 0 Å². The summed E-state index contributed by atoms with van der Waals surface area (Å²) in [6, 6.07) is 0.317. The Morgan fingerprint density at radius 1 is 1.25 bits per heavy atom. The van der Waals surface area contributed by atoms with Gasteiger partial charge < -0.3 is 11.1 Å². The first kappa shape index (κ1) is 15.4. The maximum Gasteiger partial charge on any atom is 0.220 e. The maximum atomic E-state index is 11.7. The molecule has 1 amide bonds. The van der Waals surface area contributed by atoms with Crippen LogP contribution in [0.2, 0.25) is 0 Å². The molecule has 96 valence electrons. The fourth-order valence-electron chi connectivity index (χ4n) is 1.83. The lowest BCUT2D eigenvalue weighted by molar-refractivity contribution is -0.122. The quantitative estimate of drug-likeness (QED) is 0.670. The van der Waals surface area contributed by atoms with E-state index in [0.717, 1.165) is 19.3 Å². The maximum absolute atomic E-state index is 11.7. The second-order valence-electron chi connectivity index (χ2n) is 5.05. The largest absolute Gasteiger partial charge is 0.353 e. The zero-order valence-electron chi connectivity index (χ0n) is 11.3. The van der Waals surface area contributed by atoms with Crippen LogP contribution >= 0.6 is 0 Å². The Labute approximate surface area is 100 Å². The minimum atomic E-state index is 0.185. The van der Waals surface area contributed by atoms with Crippen LogP contribution in [0.1, 0.15) is 53.4 Å². The van der Waals surface area contributed by atoms with E-state index in [1.54, 1.807) is 0 Å². The van der Waals surface area contributed by atoms with Crippen molar-refractivity contribution in [3.05, 3.63) is 0 Å². The summed E-state index contributed by atoms with van der Waals surface area (Å²) >= 11 is 0. The van der Waals surface area contributed by atoms with Crippen molar-refractivity contribution < 1.29 is 4.79 Å². The van der Waals surface area contributed by atoms with E-state index in [9.17, 15) is 4.79 Å². The second kappa shape index (κ2) is 8.57. The van der Waals surface area contributed by atoms with Gasteiger partial charge in [-0.3, -0.25) is 4.79 Å². The number of carbonyl (C=O) groups is 1. The normalized spacial score (nSPS) is 14.9.